The predicted molar refractivity (Wildman–Crippen MR) is 94.6 cm³/mol. The molecule has 1 aromatic rings. The molecule has 0 bridgehead atoms. The Labute approximate surface area is 152 Å². The Morgan fingerprint density at radius 1 is 1.12 bits per heavy atom. The lowest BCUT2D eigenvalue weighted by molar-refractivity contribution is -0.126. The van der Waals surface area contributed by atoms with Crippen molar-refractivity contribution in [3.05, 3.63) is 35.6 Å². The van der Waals surface area contributed by atoms with E-state index in [1.165, 1.54) is 12.1 Å². The fourth-order valence-corrected chi connectivity index (χ4v) is 2.86. The van der Waals surface area contributed by atoms with Crippen molar-refractivity contribution in [2.75, 3.05) is 26.2 Å². The Bertz CT molecular complexity index is 628. The maximum absolute atomic E-state index is 12.9. The van der Waals surface area contributed by atoms with Crippen LogP contribution >= 0.6 is 0 Å². The summed E-state index contributed by atoms with van der Waals surface area (Å²) in [4.78, 5) is 37.3. The number of benzene rings is 1. The molecule has 0 atom stereocenters. The minimum Gasteiger partial charge on any atom is -0.352 e. The van der Waals surface area contributed by atoms with Gasteiger partial charge in [-0.25, -0.2) is 9.18 Å². The van der Waals surface area contributed by atoms with Crippen molar-refractivity contribution in [3.8, 4) is 0 Å². The van der Waals surface area contributed by atoms with Gasteiger partial charge in [0.1, 0.15) is 5.82 Å². The SMILES string of the molecule is CCNC(=O)NC(=O)CN1CCC(C(=O)NCc2ccc(F)cc2)CC1. The van der Waals surface area contributed by atoms with E-state index < -0.39 is 6.03 Å². The quantitative estimate of drug-likeness (QED) is 0.702. The summed E-state index contributed by atoms with van der Waals surface area (Å²) >= 11 is 0. The van der Waals surface area contributed by atoms with Crippen molar-refractivity contribution in [1.29, 1.82) is 0 Å². The van der Waals surface area contributed by atoms with E-state index in [1.54, 1.807) is 19.1 Å². The standard InChI is InChI=1S/C18H25FN4O3/c1-2-20-18(26)22-16(24)12-23-9-7-14(8-10-23)17(25)21-11-13-3-5-15(19)6-4-13/h3-6,14H,2,7-12H2,1H3,(H,21,25)(H2,20,22,24,26). The van der Waals surface area contributed by atoms with E-state index in [0.717, 1.165) is 5.56 Å². The molecule has 1 saturated heterocycles. The molecular weight excluding hydrogens is 339 g/mol. The smallest absolute Gasteiger partial charge is 0.321 e. The van der Waals surface area contributed by atoms with E-state index >= 15 is 0 Å². The van der Waals surface area contributed by atoms with Gasteiger partial charge in [-0.15, -0.1) is 0 Å². The predicted octanol–water partition coefficient (Wildman–Crippen LogP) is 1.000. The minimum absolute atomic E-state index is 0.0271. The third-order valence-electron chi connectivity index (χ3n) is 4.30. The summed E-state index contributed by atoms with van der Waals surface area (Å²) in [6.45, 7) is 3.98. The Balaban J connectivity index is 1.68. The highest BCUT2D eigenvalue weighted by atomic mass is 19.1. The van der Waals surface area contributed by atoms with Gasteiger partial charge < -0.3 is 10.6 Å². The summed E-state index contributed by atoms with van der Waals surface area (Å²) in [7, 11) is 0. The van der Waals surface area contributed by atoms with E-state index in [0.29, 0.717) is 39.0 Å². The molecule has 1 aromatic carbocycles. The third kappa shape index (κ3) is 6.44. The molecule has 8 heteroatoms. The van der Waals surface area contributed by atoms with Crippen molar-refractivity contribution < 1.29 is 18.8 Å². The topological polar surface area (TPSA) is 90.5 Å². The Hall–Kier alpha value is -2.48. The minimum atomic E-state index is -0.493. The molecule has 1 fully saturated rings. The molecular formula is C18H25FN4O3. The van der Waals surface area contributed by atoms with Gasteiger partial charge in [-0.1, -0.05) is 12.1 Å². The Kier molecular flexibility index (Phi) is 7.53. The Morgan fingerprint density at radius 2 is 1.77 bits per heavy atom. The molecule has 0 aliphatic carbocycles. The number of carbonyl (C=O) groups is 3. The number of halogens is 1. The van der Waals surface area contributed by atoms with E-state index in [9.17, 15) is 18.8 Å². The average Bonchev–Trinajstić information content (AvgIpc) is 2.61. The second-order valence-electron chi connectivity index (χ2n) is 6.30. The number of nitrogens with one attached hydrogen (secondary N) is 3. The molecule has 7 nitrogen and oxygen atoms in total. The Morgan fingerprint density at radius 3 is 2.38 bits per heavy atom. The van der Waals surface area contributed by atoms with Crippen LogP contribution in [0.3, 0.4) is 0 Å². The number of amides is 4. The van der Waals surface area contributed by atoms with Gasteiger partial charge in [0.2, 0.25) is 11.8 Å². The molecule has 0 unspecified atom stereocenters. The zero-order chi connectivity index (χ0) is 18.9. The summed E-state index contributed by atoms with van der Waals surface area (Å²) < 4.78 is 12.9. The first-order valence-electron chi connectivity index (χ1n) is 8.80. The number of likely N-dealkylation sites (tertiary alicyclic amines) is 1. The van der Waals surface area contributed by atoms with Crippen molar-refractivity contribution >= 4 is 17.8 Å². The van der Waals surface area contributed by atoms with Crippen LogP contribution in [0.25, 0.3) is 0 Å². The first-order chi connectivity index (χ1) is 12.5. The normalized spacial score (nSPS) is 15.3. The highest BCUT2D eigenvalue weighted by Gasteiger charge is 2.26. The summed E-state index contributed by atoms with van der Waals surface area (Å²) in [5.41, 5.74) is 0.846. The lowest BCUT2D eigenvalue weighted by atomic mass is 9.96. The molecule has 2 rings (SSSR count). The average molecular weight is 364 g/mol. The van der Waals surface area contributed by atoms with Gasteiger partial charge >= 0.3 is 6.03 Å². The van der Waals surface area contributed by atoms with E-state index in [2.05, 4.69) is 16.0 Å². The van der Waals surface area contributed by atoms with Crippen molar-refractivity contribution in [2.45, 2.75) is 26.3 Å². The van der Waals surface area contributed by atoms with Gasteiger partial charge in [-0.2, -0.15) is 0 Å². The number of carbonyl (C=O) groups excluding carboxylic acids is 3. The van der Waals surface area contributed by atoms with Crippen LogP contribution in [0, 0.1) is 11.7 Å². The lowest BCUT2D eigenvalue weighted by Crippen LogP contribution is -2.47. The van der Waals surface area contributed by atoms with Crippen LogP contribution in [0.2, 0.25) is 0 Å². The maximum atomic E-state index is 12.9. The molecule has 0 spiro atoms. The van der Waals surface area contributed by atoms with Crippen molar-refractivity contribution in [1.82, 2.24) is 20.9 Å². The zero-order valence-corrected chi connectivity index (χ0v) is 14.9. The molecule has 142 valence electrons. The van der Waals surface area contributed by atoms with Gasteiger partial charge in [0.15, 0.2) is 0 Å². The molecule has 0 saturated carbocycles. The fourth-order valence-electron chi connectivity index (χ4n) is 2.86. The van der Waals surface area contributed by atoms with Crippen LogP contribution in [-0.2, 0) is 16.1 Å². The van der Waals surface area contributed by atoms with E-state index in [1.807, 2.05) is 4.90 Å². The van der Waals surface area contributed by atoms with Gasteiger partial charge in [0.25, 0.3) is 0 Å². The highest BCUT2D eigenvalue weighted by Crippen LogP contribution is 2.17. The molecule has 1 aliphatic heterocycles. The van der Waals surface area contributed by atoms with E-state index in [-0.39, 0.29) is 30.1 Å². The molecule has 1 aliphatic rings. The highest BCUT2D eigenvalue weighted by molar-refractivity contribution is 5.95. The van der Waals surface area contributed by atoms with Crippen LogP contribution < -0.4 is 16.0 Å². The molecule has 0 radical (unpaired) electrons. The third-order valence-corrected chi connectivity index (χ3v) is 4.30. The maximum Gasteiger partial charge on any atom is 0.321 e. The van der Waals surface area contributed by atoms with Crippen molar-refractivity contribution in [2.24, 2.45) is 5.92 Å². The number of piperidine rings is 1. The van der Waals surface area contributed by atoms with Gasteiger partial charge in [0.05, 0.1) is 6.54 Å². The van der Waals surface area contributed by atoms with Crippen LogP contribution in [0.1, 0.15) is 25.3 Å². The molecule has 0 aromatic heterocycles. The number of hydrogen-bond acceptors (Lipinski definition) is 4. The first-order valence-corrected chi connectivity index (χ1v) is 8.80. The van der Waals surface area contributed by atoms with Crippen molar-refractivity contribution in [3.63, 3.8) is 0 Å². The second-order valence-corrected chi connectivity index (χ2v) is 6.30. The monoisotopic (exact) mass is 364 g/mol. The number of nitrogens with zero attached hydrogens (tertiary/aromatic N) is 1. The van der Waals surface area contributed by atoms with Crippen LogP contribution in [0.4, 0.5) is 9.18 Å². The van der Waals surface area contributed by atoms with Crippen LogP contribution in [0.15, 0.2) is 24.3 Å². The number of hydrogen-bond donors (Lipinski definition) is 3. The summed E-state index contributed by atoms with van der Waals surface area (Å²) in [6, 6.07) is 5.53. The summed E-state index contributed by atoms with van der Waals surface area (Å²) in [5.74, 6) is -0.780. The summed E-state index contributed by atoms with van der Waals surface area (Å²) in [6.07, 6.45) is 1.31. The molecule has 3 N–H and O–H groups in total. The number of urea groups is 1. The molecule has 26 heavy (non-hydrogen) atoms. The van der Waals surface area contributed by atoms with E-state index in [4.69, 9.17) is 0 Å². The lowest BCUT2D eigenvalue weighted by Gasteiger charge is -2.30. The number of rotatable bonds is 6. The summed E-state index contributed by atoms with van der Waals surface area (Å²) in [5, 5.41) is 7.64. The van der Waals surface area contributed by atoms with Crippen LogP contribution in [0.5, 0.6) is 0 Å². The molecule has 4 amide bonds. The fraction of sp³-hybridized carbons (Fsp3) is 0.500. The second kappa shape index (κ2) is 9.86. The largest absolute Gasteiger partial charge is 0.352 e. The number of imide groups is 1. The molecule has 1 heterocycles. The van der Waals surface area contributed by atoms with Gasteiger partial charge in [-0.3, -0.25) is 19.8 Å². The van der Waals surface area contributed by atoms with Gasteiger partial charge in [-0.05, 0) is 50.6 Å². The van der Waals surface area contributed by atoms with Gasteiger partial charge in [0, 0.05) is 19.0 Å². The van der Waals surface area contributed by atoms with Crippen LogP contribution in [-0.4, -0.2) is 48.9 Å². The zero-order valence-electron chi connectivity index (χ0n) is 14.9. The first kappa shape index (κ1) is 19.8.